The molecule has 0 saturated heterocycles. The van der Waals surface area contributed by atoms with Crippen molar-refractivity contribution in [2.75, 3.05) is 13.2 Å². The van der Waals surface area contributed by atoms with Crippen LogP contribution in [0.15, 0.2) is 33.9 Å². The van der Waals surface area contributed by atoms with Crippen molar-refractivity contribution < 1.29 is 19.8 Å². The van der Waals surface area contributed by atoms with Gasteiger partial charge in [0.15, 0.2) is 11.6 Å². The van der Waals surface area contributed by atoms with E-state index in [1.165, 1.54) is 0 Å². The molecule has 0 aliphatic heterocycles. The number of ketones is 2. The Balaban J connectivity index is 3.22. The minimum atomic E-state index is -0.522. The van der Waals surface area contributed by atoms with Crippen molar-refractivity contribution in [1.29, 1.82) is 0 Å². The first-order chi connectivity index (χ1) is 8.43. The Kier molecular flexibility index (Phi) is 4.76. The summed E-state index contributed by atoms with van der Waals surface area (Å²) in [5.74, 6) is -0.686. The van der Waals surface area contributed by atoms with Gasteiger partial charge in [0.25, 0.3) is 0 Å². The summed E-state index contributed by atoms with van der Waals surface area (Å²) in [6.45, 7) is 4.36. The van der Waals surface area contributed by atoms with E-state index in [0.717, 1.165) is 5.57 Å². The highest BCUT2D eigenvalue weighted by molar-refractivity contribution is 6.25. The molecule has 0 amide bonds. The zero-order valence-corrected chi connectivity index (χ0v) is 10.9. The van der Waals surface area contributed by atoms with Crippen molar-refractivity contribution in [3.63, 3.8) is 0 Å². The van der Waals surface area contributed by atoms with Crippen LogP contribution < -0.4 is 0 Å². The summed E-state index contributed by atoms with van der Waals surface area (Å²) in [5.41, 5.74) is 1.85. The first-order valence-corrected chi connectivity index (χ1v) is 5.80. The molecule has 0 bridgehead atoms. The van der Waals surface area contributed by atoms with Crippen LogP contribution >= 0.6 is 0 Å². The summed E-state index contributed by atoms with van der Waals surface area (Å²) in [4.78, 5) is 24.1. The third kappa shape index (κ3) is 2.66. The largest absolute Gasteiger partial charge is 0.392 e. The predicted octanol–water partition coefficient (Wildman–Crippen LogP) is 1.09. The molecular formula is C14H18O4. The summed E-state index contributed by atoms with van der Waals surface area (Å²) in [7, 11) is 0. The summed E-state index contributed by atoms with van der Waals surface area (Å²) < 4.78 is 0. The number of carbonyl (C=O) groups excluding carboxylic acids is 2. The van der Waals surface area contributed by atoms with Gasteiger partial charge in [0, 0.05) is 22.3 Å². The number of carbonyl (C=O) groups is 2. The summed E-state index contributed by atoms with van der Waals surface area (Å²) in [5, 5.41) is 18.3. The van der Waals surface area contributed by atoms with Crippen LogP contribution in [0.3, 0.4) is 0 Å². The number of rotatable bonds is 4. The van der Waals surface area contributed by atoms with E-state index in [0.29, 0.717) is 17.6 Å². The molecule has 0 aromatic carbocycles. The normalized spacial score (nSPS) is 16.5. The van der Waals surface area contributed by atoms with Crippen molar-refractivity contribution >= 4 is 11.6 Å². The zero-order chi connectivity index (χ0) is 13.9. The summed E-state index contributed by atoms with van der Waals surface area (Å²) in [6.07, 6.45) is 2.24. The van der Waals surface area contributed by atoms with E-state index in [9.17, 15) is 14.7 Å². The molecule has 0 spiro atoms. The van der Waals surface area contributed by atoms with Crippen LogP contribution in [0.25, 0.3) is 0 Å². The molecule has 0 unspecified atom stereocenters. The monoisotopic (exact) mass is 250 g/mol. The Morgan fingerprint density at radius 3 is 1.94 bits per heavy atom. The molecule has 1 aliphatic rings. The highest BCUT2D eigenvalue weighted by Gasteiger charge is 2.30. The lowest BCUT2D eigenvalue weighted by atomic mass is 9.83. The van der Waals surface area contributed by atoms with Crippen molar-refractivity contribution in [3.8, 4) is 0 Å². The van der Waals surface area contributed by atoms with Gasteiger partial charge in [0.1, 0.15) is 0 Å². The quantitative estimate of drug-likeness (QED) is 0.578. The van der Waals surface area contributed by atoms with E-state index in [2.05, 4.69) is 0 Å². The molecule has 2 N–H and O–H groups in total. The highest BCUT2D eigenvalue weighted by atomic mass is 16.3. The Bertz CT molecular complexity index is 474. The summed E-state index contributed by atoms with van der Waals surface area (Å²) in [6, 6.07) is 0. The van der Waals surface area contributed by atoms with Crippen molar-refractivity contribution in [2.45, 2.75) is 27.2 Å². The van der Waals surface area contributed by atoms with E-state index >= 15 is 0 Å². The Morgan fingerprint density at radius 2 is 1.50 bits per heavy atom. The maximum atomic E-state index is 12.1. The van der Waals surface area contributed by atoms with Gasteiger partial charge in [-0.15, -0.1) is 0 Å². The number of allylic oxidation sites excluding steroid dienone is 4. The average Bonchev–Trinajstić information content (AvgIpc) is 2.32. The smallest absolute Gasteiger partial charge is 0.188 e. The highest BCUT2D eigenvalue weighted by Crippen LogP contribution is 2.26. The number of Topliss-reactive ketones (excluding diaryl/α,β-unsaturated/α-hetero) is 2. The standard InChI is InChI=1S/C14H18O4/c1-8(2)4-5-10-9(3)13(17)11(6-15)12(7-16)14(10)18/h4,15-16H,5-7H2,1-3H3. The van der Waals surface area contributed by atoms with Crippen LogP contribution in [0.5, 0.6) is 0 Å². The molecule has 1 rings (SSSR count). The Morgan fingerprint density at radius 1 is 1.00 bits per heavy atom. The number of aliphatic hydroxyl groups excluding tert-OH is 2. The SMILES string of the molecule is CC(C)=CCC1=C(C)C(=O)C(CO)=C(CO)C1=O. The molecule has 4 nitrogen and oxygen atoms in total. The van der Waals surface area contributed by atoms with Crippen molar-refractivity contribution in [2.24, 2.45) is 0 Å². The van der Waals surface area contributed by atoms with Gasteiger partial charge in [-0.1, -0.05) is 11.6 Å². The third-order valence-corrected chi connectivity index (χ3v) is 3.01. The minimum Gasteiger partial charge on any atom is -0.392 e. The second-order valence-corrected chi connectivity index (χ2v) is 4.52. The second kappa shape index (κ2) is 5.89. The lowest BCUT2D eigenvalue weighted by molar-refractivity contribution is -0.117. The molecule has 0 heterocycles. The molecule has 98 valence electrons. The minimum absolute atomic E-state index is 0.0148. The van der Waals surface area contributed by atoms with Gasteiger partial charge in [-0.25, -0.2) is 0 Å². The van der Waals surface area contributed by atoms with E-state index < -0.39 is 13.2 Å². The molecule has 1 aliphatic carbocycles. The van der Waals surface area contributed by atoms with Crippen LogP contribution in [-0.2, 0) is 9.59 Å². The number of hydrogen-bond acceptors (Lipinski definition) is 4. The number of aliphatic hydroxyl groups is 2. The molecule has 0 aromatic heterocycles. The molecule has 0 atom stereocenters. The molecular weight excluding hydrogens is 232 g/mol. The van der Waals surface area contributed by atoms with Gasteiger partial charge in [-0.05, 0) is 27.2 Å². The molecule has 4 heteroatoms. The molecule has 0 saturated carbocycles. The van der Waals surface area contributed by atoms with Crippen LogP contribution in [0.2, 0.25) is 0 Å². The van der Waals surface area contributed by atoms with Gasteiger partial charge < -0.3 is 10.2 Å². The second-order valence-electron chi connectivity index (χ2n) is 4.52. The van der Waals surface area contributed by atoms with Gasteiger partial charge in [-0.2, -0.15) is 0 Å². The van der Waals surface area contributed by atoms with Gasteiger partial charge in [0.2, 0.25) is 0 Å². The van der Waals surface area contributed by atoms with E-state index in [1.807, 2.05) is 19.9 Å². The van der Waals surface area contributed by atoms with Crippen molar-refractivity contribution in [1.82, 2.24) is 0 Å². The van der Waals surface area contributed by atoms with E-state index in [4.69, 9.17) is 5.11 Å². The lowest BCUT2D eigenvalue weighted by Crippen LogP contribution is -2.26. The fourth-order valence-electron chi connectivity index (χ4n) is 1.88. The first-order valence-electron chi connectivity index (χ1n) is 5.80. The van der Waals surface area contributed by atoms with Crippen LogP contribution in [0.4, 0.5) is 0 Å². The topological polar surface area (TPSA) is 74.6 Å². The van der Waals surface area contributed by atoms with Crippen LogP contribution in [0.1, 0.15) is 27.2 Å². The molecule has 18 heavy (non-hydrogen) atoms. The lowest BCUT2D eigenvalue weighted by Gasteiger charge is -2.19. The van der Waals surface area contributed by atoms with Crippen molar-refractivity contribution in [3.05, 3.63) is 33.9 Å². The predicted molar refractivity (Wildman–Crippen MR) is 68.0 cm³/mol. The first kappa shape index (κ1) is 14.5. The summed E-state index contributed by atoms with van der Waals surface area (Å²) >= 11 is 0. The maximum Gasteiger partial charge on any atom is 0.188 e. The molecule has 0 radical (unpaired) electrons. The van der Waals surface area contributed by atoms with E-state index in [1.54, 1.807) is 6.92 Å². The Hall–Kier alpha value is -1.52. The van der Waals surface area contributed by atoms with Crippen LogP contribution in [-0.4, -0.2) is 35.0 Å². The fourth-order valence-corrected chi connectivity index (χ4v) is 1.88. The number of hydrogen-bond donors (Lipinski definition) is 2. The van der Waals surface area contributed by atoms with E-state index in [-0.39, 0.29) is 22.7 Å². The zero-order valence-electron chi connectivity index (χ0n) is 10.9. The molecule has 0 aromatic rings. The van der Waals surface area contributed by atoms with Crippen LogP contribution in [0, 0.1) is 0 Å². The maximum absolute atomic E-state index is 12.1. The third-order valence-electron chi connectivity index (χ3n) is 3.01. The fraction of sp³-hybridized carbons (Fsp3) is 0.429. The van der Waals surface area contributed by atoms with Gasteiger partial charge >= 0.3 is 0 Å². The molecule has 0 fully saturated rings. The van der Waals surface area contributed by atoms with Gasteiger partial charge in [-0.3, -0.25) is 9.59 Å². The Labute approximate surface area is 106 Å². The van der Waals surface area contributed by atoms with Gasteiger partial charge in [0.05, 0.1) is 13.2 Å². The average molecular weight is 250 g/mol.